The topological polar surface area (TPSA) is 16.4 Å². The van der Waals surface area contributed by atoms with E-state index in [1.807, 2.05) is 84.9 Å². The van der Waals surface area contributed by atoms with E-state index in [4.69, 9.17) is 12.6 Å². The van der Waals surface area contributed by atoms with Gasteiger partial charge in [-0.25, -0.2) is 0 Å². The van der Waals surface area contributed by atoms with Crippen LogP contribution in [0.15, 0.2) is 216 Å². The van der Waals surface area contributed by atoms with Gasteiger partial charge in [-0.15, -0.1) is 0 Å². The molecule has 0 radical (unpaired) electrons. The van der Waals surface area contributed by atoms with Crippen LogP contribution < -0.4 is 4.90 Å². The summed E-state index contributed by atoms with van der Waals surface area (Å²) in [4.78, 5) is 1.67. The second-order valence-electron chi connectivity index (χ2n) is 13.6. The molecule has 0 atom stereocenters. The summed E-state index contributed by atoms with van der Waals surface area (Å²) in [5.74, 6) is 0. The second kappa shape index (κ2) is 13.2. The molecule has 0 N–H and O–H groups in total. The van der Waals surface area contributed by atoms with Gasteiger partial charge >= 0.3 is 0 Å². The normalized spacial score (nSPS) is 14.3. The molecule has 2 heteroatoms. The van der Waals surface area contributed by atoms with Crippen LogP contribution in [0.5, 0.6) is 0 Å². The van der Waals surface area contributed by atoms with Crippen LogP contribution >= 0.6 is 0 Å². The molecule has 56 heavy (non-hydrogen) atoms. The molecular weight excluding hydrogens is 679 g/mol. The van der Waals surface area contributed by atoms with E-state index in [1.165, 1.54) is 0 Å². The van der Waals surface area contributed by atoms with Crippen molar-refractivity contribution in [3.05, 3.63) is 212 Å². The summed E-state index contributed by atoms with van der Waals surface area (Å²) < 4.78 is 105. The molecule has 11 aromatic rings. The lowest BCUT2D eigenvalue weighted by Crippen LogP contribution is -2.10. The zero-order valence-corrected chi connectivity index (χ0v) is 29.7. The number of anilines is 3. The molecule has 0 amide bonds. The SMILES string of the molecule is [2H]c1c([2H])c(N(c2ccc(-c3ccc(-c4cccc5ccccc45)cc3)cc2)c2cccc3oc4c5ccccc5ccc4c23)c([2H])c([2H])c1-c1c([2H])c([2H])c2c([2H])c([2H])c([2H])c([2H])c2c1[2H]. The summed E-state index contributed by atoms with van der Waals surface area (Å²) in [5.41, 5.74) is 5.24. The van der Waals surface area contributed by atoms with Crippen molar-refractivity contribution < 1.29 is 19.5 Å². The fraction of sp³-hybridized carbons (Fsp3) is 0. The van der Waals surface area contributed by atoms with Crippen molar-refractivity contribution in [1.82, 2.24) is 0 Å². The Labute approximate surface area is 340 Å². The van der Waals surface area contributed by atoms with E-state index < -0.39 is 77.6 Å². The van der Waals surface area contributed by atoms with Gasteiger partial charge in [0, 0.05) is 22.1 Å². The minimum Gasteiger partial charge on any atom is -0.455 e. The van der Waals surface area contributed by atoms with Crippen molar-refractivity contribution in [3.8, 4) is 33.4 Å². The third-order valence-corrected chi connectivity index (χ3v) is 10.4. The van der Waals surface area contributed by atoms with Crippen LogP contribution in [0.2, 0.25) is 0 Å². The van der Waals surface area contributed by atoms with Gasteiger partial charge in [0.2, 0.25) is 0 Å². The van der Waals surface area contributed by atoms with Gasteiger partial charge in [0.1, 0.15) is 11.2 Å². The molecule has 0 bridgehead atoms. The number of furan rings is 1. The van der Waals surface area contributed by atoms with Gasteiger partial charge in [0.25, 0.3) is 0 Å². The predicted molar refractivity (Wildman–Crippen MR) is 237 cm³/mol. The third-order valence-electron chi connectivity index (χ3n) is 10.4. The number of nitrogens with zero attached hydrogens (tertiary/aromatic N) is 1. The summed E-state index contributed by atoms with van der Waals surface area (Å²) >= 11 is 0. The predicted octanol–water partition coefficient (Wildman–Crippen LogP) is 15.5. The molecule has 0 spiro atoms. The highest BCUT2D eigenvalue weighted by atomic mass is 16.3. The summed E-state index contributed by atoms with van der Waals surface area (Å²) in [6.07, 6.45) is 0. The summed E-state index contributed by atoms with van der Waals surface area (Å²) in [7, 11) is 0. The molecule has 10 aromatic carbocycles. The minimum absolute atomic E-state index is 0.125. The Morgan fingerprint density at radius 1 is 0.393 bits per heavy atom. The smallest absolute Gasteiger partial charge is 0.143 e. The lowest BCUT2D eigenvalue weighted by Gasteiger charge is -2.26. The van der Waals surface area contributed by atoms with Crippen molar-refractivity contribution in [2.24, 2.45) is 0 Å². The zero-order chi connectivity index (χ0) is 46.6. The maximum absolute atomic E-state index is 9.66. The van der Waals surface area contributed by atoms with E-state index in [-0.39, 0.29) is 16.5 Å². The standard InChI is InChI=1S/C54H35NO/c1-2-12-43-35-44(24-21-36(43)9-1)39-27-32-46(33-28-39)55(51-17-8-18-52-53(51)50-34-29-41-11-4-6-15-49(41)54(50)56-52)45-30-25-38(26-31-45)37-19-22-42(23-20-37)48-16-7-13-40-10-3-5-14-47(40)48/h1-35H/i1D,2D,9D,12D,21D,24D,27D,28D,32D,33D,35D. The highest BCUT2D eigenvalue weighted by Gasteiger charge is 2.20. The van der Waals surface area contributed by atoms with E-state index in [2.05, 4.69) is 54.6 Å². The van der Waals surface area contributed by atoms with E-state index in [9.17, 15) is 6.85 Å². The van der Waals surface area contributed by atoms with Crippen molar-refractivity contribution in [3.63, 3.8) is 0 Å². The number of hydrogen-bond acceptors (Lipinski definition) is 2. The van der Waals surface area contributed by atoms with Crippen LogP contribution in [-0.4, -0.2) is 0 Å². The fourth-order valence-corrected chi connectivity index (χ4v) is 7.68. The monoisotopic (exact) mass is 724 g/mol. The quantitative estimate of drug-likeness (QED) is 0.170. The molecule has 0 aliphatic heterocycles. The highest BCUT2D eigenvalue weighted by Crippen LogP contribution is 2.45. The Kier molecular flexibility index (Phi) is 5.34. The molecule has 0 aliphatic carbocycles. The molecule has 11 rings (SSSR count). The first kappa shape index (κ1) is 22.7. The van der Waals surface area contributed by atoms with Crippen LogP contribution in [0.4, 0.5) is 17.1 Å². The molecule has 0 saturated carbocycles. The van der Waals surface area contributed by atoms with Crippen molar-refractivity contribution in [1.29, 1.82) is 0 Å². The molecule has 262 valence electrons. The van der Waals surface area contributed by atoms with Crippen LogP contribution in [0, 0.1) is 0 Å². The van der Waals surface area contributed by atoms with Gasteiger partial charge in [0.15, 0.2) is 0 Å². The Balaban J connectivity index is 1.11. The Morgan fingerprint density at radius 2 is 1.04 bits per heavy atom. The van der Waals surface area contributed by atoms with Crippen LogP contribution in [0.3, 0.4) is 0 Å². The van der Waals surface area contributed by atoms with Gasteiger partial charge in [-0.2, -0.15) is 0 Å². The summed E-state index contributed by atoms with van der Waals surface area (Å²) in [6, 6.07) is 41.2. The van der Waals surface area contributed by atoms with Gasteiger partial charge in [-0.05, 0) is 109 Å². The first-order valence-corrected chi connectivity index (χ1v) is 18.3. The molecule has 0 aliphatic rings. The zero-order valence-electron chi connectivity index (χ0n) is 40.7. The van der Waals surface area contributed by atoms with Gasteiger partial charge in [0.05, 0.1) is 26.2 Å². The van der Waals surface area contributed by atoms with Gasteiger partial charge < -0.3 is 9.32 Å². The number of fused-ring (bicyclic) bond motifs is 7. The van der Waals surface area contributed by atoms with Crippen LogP contribution in [-0.2, 0) is 0 Å². The highest BCUT2D eigenvalue weighted by molar-refractivity contribution is 6.19. The average Bonchev–Trinajstić information content (AvgIpc) is 3.75. The second-order valence-corrected chi connectivity index (χ2v) is 13.6. The average molecular weight is 725 g/mol. The van der Waals surface area contributed by atoms with Crippen molar-refractivity contribution >= 4 is 71.3 Å². The van der Waals surface area contributed by atoms with E-state index in [0.29, 0.717) is 27.9 Å². The van der Waals surface area contributed by atoms with E-state index in [1.54, 1.807) is 11.0 Å². The maximum atomic E-state index is 9.66. The fourth-order valence-electron chi connectivity index (χ4n) is 7.68. The largest absolute Gasteiger partial charge is 0.455 e. The molecule has 0 saturated heterocycles. The minimum atomic E-state index is -0.657. The van der Waals surface area contributed by atoms with Gasteiger partial charge in [-0.1, -0.05) is 164 Å². The van der Waals surface area contributed by atoms with Crippen molar-refractivity contribution in [2.45, 2.75) is 0 Å². The van der Waals surface area contributed by atoms with Crippen LogP contribution in [0.25, 0.3) is 87.6 Å². The van der Waals surface area contributed by atoms with Crippen LogP contribution in [0.1, 0.15) is 15.1 Å². The molecule has 1 heterocycles. The molecular formula is C54H35NO. The maximum Gasteiger partial charge on any atom is 0.143 e. The summed E-state index contributed by atoms with van der Waals surface area (Å²) in [6.45, 7) is 0. The van der Waals surface area contributed by atoms with E-state index in [0.717, 1.165) is 49.2 Å². The molecule has 0 fully saturated rings. The number of rotatable bonds is 6. The number of hydrogen-bond donors (Lipinski definition) is 0. The Bertz CT molecular complexity index is 3850. The first-order chi connectivity index (χ1) is 32.3. The van der Waals surface area contributed by atoms with E-state index >= 15 is 0 Å². The Hall–Kier alpha value is -7.42. The lowest BCUT2D eigenvalue weighted by molar-refractivity contribution is 0.672. The van der Waals surface area contributed by atoms with Gasteiger partial charge in [-0.3, -0.25) is 0 Å². The lowest BCUT2D eigenvalue weighted by atomic mass is 9.96. The molecule has 1 aromatic heterocycles. The molecule has 2 nitrogen and oxygen atoms in total. The first-order valence-electron chi connectivity index (χ1n) is 23.8. The summed E-state index contributed by atoms with van der Waals surface area (Å²) in [5, 5.41) is 4.94. The van der Waals surface area contributed by atoms with Crippen molar-refractivity contribution in [2.75, 3.05) is 4.90 Å². The molecule has 0 unspecified atom stereocenters. The Morgan fingerprint density at radius 3 is 1.84 bits per heavy atom. The third kappa shape index (κ3) is 5.42. The number of benzene rings is 10.